The molecule has 0 aliphatic carbocycles. The third kappa shape index (κ3) is 6.55. The van der Waals surface area contributed by atoms with E-state index in [0.29, 0.717) is 30.9 Å². The van der Waals surface area contributed by atoms with Crippen LogP contribution in [0.15, 0.2) is 18.2 Å². The number of benzene rings is 1. The van der Waals surface area contributed by atoms with Crippen LogP contribution in [-0.4, -0.2) is 32.4 Å². The van der Waals surface area contributed by atoms with Crippen molar-refractivity contribution >= 4 is 0 Å². The number of halogens is 1. The van der Waals surface area contributed by atoms with Gasteiger partial charge in [0.2, 0.25) is 0 Å². The first-order valence-corrected chi connectivity index (χ1v) is 6.57. The Morgan fingerprint density at radius 1 is 1.21 bits per heavy atom. The quantitative estimate of drug-likeness (QED) is 0.772. The van der Waals surface area contributed by atoms with Gasteiger partial charge in [-0.15, -0.1) is 0 Å². The van der Waals surface area contributed by atoms with Crippen molar-refractivity contribution in [3.05, 3.63) is 29.6 Å². The van der Waals surface area contributed by atoms with Gasteiger partial charge in [-0.3, -0.25) is 0 Å². The summed E-state index contributed by atoms with van der Waals surface area (Å²) in [7, 11) is 1.53. The van der Waals surface area contributed by atoms with Gasteiger partial charge in [0.05, 0.1) is 20.3 Å². The fraction of sp³-hybridized carbons (Fsp3) is 0.600. The summed E-state index contributed by atoms with van der Waals surface area (Å²) in [4.78, 5) is 0. The molecular formula is C15H24FNO2. The van der Waals surface area contributed by atoms with Crippen molar-refractivity contribution in [3.8, 4) is 5.75 Å². The van der Waals surface area contributed by atoms with Crippen molar-refractivity contribution in [2.45, 2.75) is 32.7 Å². The van der Waals surface area contributed by atoms with E-state index < -0.39 is 0 Å². The molecule has 0 saturated carbocycles. The predicted molar refractivity (Wildman–Crippen MR) is 75.2 cm³/mol. The van der Waals surface area contributed by atoms with Crippen LogP contribution in [0.2, 0.25) is 0 Å². The van der Waals surface area contributed by atoms with Gasteiger partial charge in [-0.2, -0.15) is 0 Å². The zero-order chi connectivity index (χ0) is 14.3. The van der Waals surface area contributed by atoms with Crippen LogP contribution in [-0.2, 0) is 11.2 Å². The molecule has 0 saturated heterocycles. The van der Waals surface area contributed by atoms with E-state index in [1.807, 2.05) is 0 Å². The third-order valence-corrected chi connectivity index (χ3v) is 2.68. The molecule has 108 valence electrons. The second-order valence-electron chi connectivity index (χ2n) is 5.50. The fourth-order valence-corrected chi connectivity index (χ4v) is 1.64. The average Bonchev–Trinajstić information content (AvgIpc) is 2.33. The van der Waals surface area contributed by atoms with E-state index in [0.717, 1.165) is 6.54 Å². The average molecular weight is 269 g/mol. The number of rotatable bonds is 7. The molecule has 1 rings (SSSR count). The Morgan fingerprint density at radius 2 is 1.95 bits per heavy atom. The summed E-state index contributed by atoms with van der Waals surface area (Å²) in [5.41, 5.74) is 0.760. The van der Waals surface area contributed by atoms with Crippen LogP contribution < -0.4 is 10.1 Å². The molecule has 0 spiro atoms. The predicted octanol–water partition coefficient (Wildman–Crippen LogP) is 2.78. The van der Waals surface area contributed by atoms with Gasteiger partial charge in [-0.05, 0) is 38.8 Å². The first kappa shape index (κ1) is 15.9. The molecule has 0 heterocycles. The van der Waals surface area contributed by atoms with Crippen LogP contribution in [0.3, 0.4) is 0 Å². The first-order chi connectivity index (χ1) is 8.92. The van der Waals surface area contributed by atoms with E-state index >= 15 is 0 Å². The zero-order valence-electron chi connectivity index (χ0n) is 12.3. The van der Waals surface area contributed by atoms with Gasteiger partial charge in [-0.1, -0.05) is 6.07 Å². The maximum atomic E-state index is 13.6. The lowest BCUT2D eigenvalue weighted by Crippen LogP contribution is -2.38. The Labute approximate surface area is 115 Å². The molecule has 19 heavy (non-hydrogen) atoms. The lowest BCUT2D eigenvalue weighted by molar-refractivity contribution is 0.133. The normalized spacial score (nSPS) is 11.6. The lowest BCUT2D eigenvalue weighted by Gasteiger charge is -2.20. The summed E-state index contributed by atoms with van der Waals surface area (Å²) in [5, 5.41) is 3.33. The van der Waals surface area contributed by atoms with Crippen molar-refractivity contribution in [2.24, 2.45) is 0 Å². The molecule has 0 unspecified atom stereocenters. The number of ether oxygens (including phenoxy) is 2. The van der Waals surface area contributed by atoms with Crippen LogP contribution in [0.25, 0.3) is 0 Å². The molecule has 3 nitrogen and oxygen atoms in total. The molecule has 0 aliphatic heterocycles. The van der Waals surface area contributed by atoms with E-state index in [-0.39, 0.29) is 11.4 Å². The van der Waals surface area contributed by atoms with Crippen LogP contribution in [0, 0.1) is 5.82 Å². The minimum absolute atomic E-state index is 0.103. The molecule has 4 heteroatoms. The van der Waals surface area contributed by atoms with Gasteiger partial charge in [0.15, 0.2) is 0 Å². The monoisotopic (exact) mass is 269 g/mol. The van der Waals surface area contributed by atoms with Gasteiger partial charge in [0.1, 0.15) is 11.6 Å². The largest absolute Gasteiger partial charge is 0.497 e. The number of nitrogens with one attached hydrogen (secondary N) is 1. The molecule has 0 aromatic heterocycles. The summed E-state index contributed by atoms with van der Waals surface area (Å²) in [6, 6.07) is 4.90. The highest BCUT2D eigenvalue weighted by Gasteiger charge is 2.07. The Morgan fingerprint density at radius 3 is 2.53 bits per heavy atom. The smallest absolute Gasteiger partial charge is 0.130 e. The standard InChI is InChI=1S/C15H24FNO2/c1-15(2,3)17-8-10-19-9-7-12-5-6-13(18-4)11-14(12)16/h5-6,11,17H,7-10H2,1-4H3. The highest BCUT2D eigenvalue weighted by atomic mass is 19.1. The summed E-state index contributed by atoms with van der Waals surface area (Å²) >= 11 is 0. The van der Waals surface area contributed by atoms with Gasteiger partial charge in [0, 0.05) is 18.2 Å². The molecule has 0 fully saturated rings. The molecule has 0 radical (unpaired) electrons. The third-order valence-electron chi connectivity index (χ3n) is 2.68. The summed E-state index contributed by atoms with van der Waals surface area (Å²) in [6.07, 6.45) is 0.575. The van der Waals surface area contributed by atoms with Gasteiger partial charge >= 0.3 is 0 Å². The van der Waals surface area contributed by atoms with Crippen LogP contribution in [0.4, 0.5) is 4.39 Å². The van der Waals surface area contributed by atoms with Crippen LogP contribution in [0.1, 0.15) is 26.3 Å². The maximum absolute atomic E-state index is 13.6. The van der Waals surface area contributed by atoms with E-state index in [1.165, 1.54) is 13.2 Å². The molecule has 1 aromatic rings. The Kier molecular flexibility index (Phi) is 6.25. The van der Waals surface area contributed by atoms with Crippen molar-refractivity contribution in [2.75, 3.05) is 26.9 Å². The van der Waals surface area contributed by atoms with Crippen molar-refractivity contribution in [1.29, 1.82) is 0 Å². The van der Waals surface area contributed by atoms with Gasteiger partial charge < -0.3 is 14.8 Å². The molecule has 1 aromatic carbocycles. The molecular weight excluding hydrogens is 245 g/mol. The fourth-order valence-electron chi connectivity index (χ4n) is 1.64. The Bertz CT molecular complexity index is 388. The number of hydrogen-bond acceptors (Lipinski definition) is 3. The van der Waals surface area contributed by atoms with Crippen molar-refractivity contribution in [1.82, 2.24) is 5.32 Å². The van der Waals surface area contributed by atoms with Crippen molar-refractivity contribution < 1.29 is 13.9 Å². The molecule has 0 atom stereocenters. The molecule has 0 bridgehead atoms. The number of hydrogen-bond donors (Lipinski definition) is 1. The highest BCUT2D eigenvalue weighted by molar-refractivity contribution is 5.28. The Balaban J connectivity index is 2.23. The topological polar surface area (TPSA) is 30.5 Å². The van der Waals surface area contributed by atoms with E-state index in [4.69, 9.17) is 9.47 Å². The maximum Gasteiger partial charge on any atom is 0.130 e. The van der Waals surface area contributed by atoms with Crippen LogP contribution >= 0.6 is 0 Å². The molecule has 0 aliphatic rings. The minimum atomic E-state index is -0.240. The van der Waals surface area contributed by atoms with Crippen molar-refractivity contribution in [3.63, 3.8) is 0 Å². The molecule has 0 amide bonds. The van der Waals surface area contributed by atoms with E-state index in [9.17, 15) is 4.39 Å². The zero-order valence-corrected chi connectivity index (χ0v) is 12.3. The lowest BCUT2D eigenvalue weighted by atomic mass is 10.1. The SMILES string of the molecule is COc1ccc(CCOCCNC(C)(C)C)c(F)c1. The number of methoxy groups -OCH3 is 1. The van der Waals surface area contributed by atoms with E-state index in [1.54, 1.807) is 12.1 Å². The van der Waals surface area contributed by atoms with Gasteiger partial charge in [-0.25, -0.2) is 4.39 Å². The van der Waals surface area contributed by atoms with Crippen LogP contribution in [0.5, 0.6) is 5.75 Å². The highest BCUT2D eigenvalue weighted by Crippen LogP contribution is 2.16. The minimum Gasteiger partial charge on any atom is -0.497 e. The second-order valence-corrected chi connectivity index (χ2v) is 5.50. The Hall–Kier alpha value is -1.13. The summed E-state index contributed by atoms with van der Waals surface area (Å²) < 4.78 is 24.1. The van der Waals surface area contributed by atoms with E-state index in [2.05, 4.69) is 26.1 Å². The van der Waals surface area contributed by atoms with Gasteiger partial charge in [0.25, 0.3) is 0 Å². The molecule has 1 N–H and O–H groups in total. The summed E-state index contributed by atoms with van der Waals surface area (Å²) in [5.74, 6) is 0.298. The first-order valence-electron chi connectivity index (χ1n) is 6.57. The second kappa shape index (κ2) is 7.46. The summed E-state index contributed by atoms with van der Waals surface area (Å²) in [6.45, 7) is 8.29.